The van der Waals surface area contributed by atoms with Crippen LogP contribution in [0.2, 0.25) is 5.02 Å². The van der Waals surface area contributed by atoms with E-state index >= 15 is 0 Å². The molecule has 2 aromatic carbocycles. The molecule has 0 fully saturated rings. The van der Waals surface area contributed by atoms with Crippen LogP contribution in [-0.4, -0.2) is 18.5 Å². The summed E-state index contributed by atoms with van der Waals surface area (Å²) in [5, 5.41) is 2.88. The summed E-state index contributed by atoms with van der Waals surface area (Å²) in [5.41, 5.74) is 3.32. The summed E-state index contributed by atoms with van der Waals surface area (Å²) < 4.78 is 18.5. The summed E-state index contributed by atoms with van der Waals surface area (Å²) >= 11 is 5.86. The first-order valence-corrected chi connectivity index (χ1v) is 8.61. The lowest BCUT2D eigenvalue weighted by Gasteiger charge is -2.07. The van der Waals surface area contributed by atoms with E-state index in [1.165, 1.54) is 35.4 Å². The summed E-state index contributed by atoms with van der Waals surface area (Å²) in [4.78, 5) is 23.6. The van der Waals surface area contributed by atoms with Crippen molar-refractivity contribution in [3.63, 3.8) is 0 Å². The summed E-state index contributed by atoms with van der Waals surface area (Å²) in [6.45, 7) is -0.425. The lowest BCUT2D eigenvalue weighted by molar-refractivity contribution is -0.142. The molecule has 1 aliphatic carbocycles. The van der Waals surface area contributed by atoms with E-state index in [0.29, 0.717) is 5.69 Å². The van der Waals surface area contributed by atoms with Gasteiger partial charge in [0.05, 0.1) is 5.02 Å². The molecule has 0 spiro atoms. The average Bonchev–Trinajstić information content (AvgIpc) is 3.07. The number of hydrogen-bond donors (Lipinski definition) is 1. The van der Waals surface area contributed by atoms with Gasteiger partial charge in [0.15, 0.2) is 6.61 Å². The summed E-state index contributed by atoms with van der Waals surface area (Å²) in [6, 6.07) is 10.0. The Hall–Kier alpha value is -2.66. The third kappa shape index (κ3) is 4.49. The Balaban J connectivity index is 1.51. The monoisotopic (exact) mass is 373 g/mol. The van der Waals surface area contributed by atoms with E-state index in [4.69, 9.17) is 16.3 Å². The molecule has 1 aliphatic rings. The zero-order chi connectivity index (χ0) is 18.5. The van der Waals surface area contributed by atoms with Crippen LogP contribution in [0.1, 0.15) is 23.1 Å². The van der Waals surface area contributed by atoms with Gasteiger partial charge in [-0.3, -0.25) is 4.79 Å². The van der Waals surface area contributed by atoms with Crippen molar-refractivity contribution < 1.29 is 18.7 Å². The Morgan fingerprint density at radius 3 is 2.81 bits per heavy atom. The maximum absolute atomic E-state index is 13.6. The van der Waals surface area contributed by atoms with E-state index in [9.17, 15) is 14.0 Å². The number of ether oxygens (including phenoxy) is 1. The molecule has 2 aromatic rings. The molecule has 6 heteroatoms. The van der Waals surface area contributed by atoms with Gasteiger partial charge in [-0.05, 0) is 60.7 Å². The molecular weight excluding hydrogens is 357 g/mol. The maximum Gasteiger partial charge on any atom is 0.331 e. The number of carbonyl (C=O) groups is 2. The number of rotatable bonds is 5. The first kappa shape index (κ1) is 18.1. The molecule has 26 heavy (non-hydrogen) atoms. The minimum Gasteiger partial charge on any atom is -0.452 e. The highest BCUT2D eigenvalue weighted by atomic mass is 35.5. The van der Waals surface area contributed by atoms with Gasteiger partial charge < -0.3 is 10.1 Å². The SMILES string of the molecule is O=C(COC(=O)/C=C/c1c(F)cccc1Cl)Nc1ccc2c(c1)CCC2. The number of carbonyl (C=O) groups excluding carboxylic acids is 2. The van der Waals surface area contributed by atoms with E-state index in [0.717, 1.165) is 25.3 Å². The molecule has 0 heterocycles. The molecule has 0 unspecified atom stereocenters. The molecule has 0 saturated heterocycles. The Labute approximate surface area is 155 Å². The molecule has 0 saturated carbocycles. The minimum atomic E-state index is -0.756. The van der Waals surface area contributed by atoms with Crippen molar-refractivity contribution in [1.82, 2.24) is 0 Å². The molecule has 0 atom stereocenters. The topological polar surface area (TPSA) is 55.4 Å². The lowest BCUT2D eigenvalue weighted by atomic mass is 10.1. The fourth-order valence-corrected chi connectivity index (χ4v) is 3.08. The van der Waals surface area contributed by atoms with Gasteiger partial charge in [0.25, 0.3) is 5.91 Å². The normalized spacial score (nSPS) is 12.8. The van der Waals surface area contributed by atoms with E-state index in [2.05, 4.69) is 5.32 Å². The highest BCUT2D eigenvalue weighted by molar-refractivity contribution is 6.32. The molecule has 134 valence electrons. The van der Waals surface area contributed by atoms with Crippen molar-refractivity contribution in [2.45, 2.75) is 19.3 Å². The van der Waals surface area contributed by atoms with Crippen LogP contribution in [0.3, 0.4) is 0 Å². The van der Waals surface area contributed by atoms with E-state index in [-0.39, 0.29) is 10.6 Å². The van der Waals surface area contributed by atoms with Crippen LogP contribution in [0.25, 0.3) is 6.08 Å². The largest absolute Gasteiger partial charge is 0.452 e. The highest BCUT2D eigenvalue weighted by Gasteiger charge is 2.12. The van der Waals surface area contributed by atoms with Crippen molar-refractivity contribution >= 4 is 35.2 Å². The predicted octanol–water partition coefficient (Wildman–Crippen LogP) is 4.16. The molecule has 1 amide bonds. The number of fused-ring (bicyclic) bond motifs is 1. The summed E-state index contributed by atoms with van der Waals surface area (Å²) in [5.74, 6) is -1.74. The van der Waals surface area contributed by atoms with Crippen LogP contribution in [0.15, 0.2) is 42.5 Å². The Morgan fingerprint density at radius 1 is 1.19 bits per heavy atom. The van der Waals surface area contributed by atoms with Gasteiger partial charge in [-0.2, -0.15) is 0 Å². The zero-order valence-corrected chi connectivity index (χ0v) is 14.7. The first-order valence-electron chi connectivity index (χ1n) is 8.23. The van der Waals surface area contributed by atoms with Gasteiger partial charge >= 0.3 is 5.97 Å². The van der Waals surface area contributed by atoms with Crippen LogP contribution in [-0.2, 0) is 27.2 Å². The minimum absolute atomic E-state index is 0.0914. The van der Waals surface area contributed by atoms with Gasteiger partial charge in [0, 0.05) is 17.3 Å². The number of anilines is 1. The number of nitrogens with one attached hydrogen (secondary N) is 1. The van der Waals surface area contributed by atoms with Crippen LogP contribution in [0.4, 0.5) is 10.1 Å². The van der Waals surface area contributed by atoms with Crippen molar-refractivity contribution in [3.8, 4) is 0 Å². The van der Waals surface area contributed by atoms with Crippen molar-refractivity contribution in [3.05, 3.63) is 70.0 Å². The number of benzene rings is 2. The van der Waals surface area contributed by atoms with Gasteiger partial charge in [-0.1, -0.05) is 23.7 Å². The van der Waals surface area contributed by atoms with Gasteiger partial charge in [0.1, 0.15) is 5.82 Å². The van der Waals surface area contributed by atoms with Crippen LogP contribution >= 0.6 is 11.6 Å². The fraction of sp³-hybridized carbons (Fsp3) is 0.200. The maximum atomic E-state index is 13.6. The van der Waals surface area contributed by atoms with Crippen molar-refractivity contribution in [1.29, 1.82) is 0 Å². The number of esters is 1. The fourth-order valence-electron chi connectivity index (χ4n) is 2.85. The molecule has 0 aliphatic heterocycles. The van der Waals surface area contributed by atoms with Crippen LogP contribution in [0, 0.1) is 5.82 Å². The molecule has 4 nitrogen and oxygen atoms in total. The second kappa shape index (κ2) is 8.15. The van der Waals surface area contributed by atoms with E-state index in [1.54, 1.807) is 0 Å². The summed E-state index contributed by atoms with van der Waals surface area (Å²) in [6.07, 6.45) is 5.46. The molecular formula is C20H17ClFNO3. The molecule has 0 radical (unpaired) electrons. The van der Waals surface area contributed by atoms with Gasteiger partial charge in [-0.15, -0.1) is 0 Å². The standard InChI is InChI=1S/C20H17ClFNO3/c21-17-5-2-6-18(22)16(17)9-10-20(25)26-12-19(24)23-15-8-7-13-3-1-4-14(13)11-15/h2,5-11H,1,3-4,12H2,(H,23,24)/b10-9+. The Morgan fingerprint density at radius 2 is 2.00 bits per heavy atom. The van der Waals surface area contributed by atoms with Gasteiger partial charge in [0.2, 0.25) is 0 Å². The van der Waals surface area contributed by atoms with Crippen LogP contribution in [0.5, 0.6) is 0 Å². The number of amides is 1. The van der Waals surface area contributed by atoms with Crippen molar-refractivity contribution in [2.75, 3.05) is 11.9 Å². The third-order valence-electron chi connectivity index (χ3n) is 4.11. The number of hydrogen-bond acceptors (Lipinski definition) is 3. The second-order valence-corrected chi connectivity index (χ2v) is 6.37. The Kier molecular flexibility index (Phi) is 5.68. The number of aryl methyl sites for hydroxylation is 2. The predicted molar refractivity (Wildman–Crippen MR) is 98.5 cm³/mol. The smallest absolute Gasteiger partial charge is 0.331 e. The van der Waals surface area contributed by atoms with E-state index in [1.807, 2.05) is 18.2 Å². The highest BCUT2D eigenvalue weighted by Crippen LogP contribution is 2.25. The quantitative estimate of drug-likeness (QED) is 0.632. The molecule has 1 N–H and O–H groups in total. The first-order chi connectivity index (χ1) is 12.5. The third-order valence-corrected chi connectivity index (χ3v) is 4.44. The molecule has 3 rings (SSSR count). The van der Waals surface area contributed by atoms with E-state index < -0.39 is 24.3 Å². The zero-order valence-electron chi connectivity index (χ0n) is 13.9. The van der Waals surface area contributed by atoms with Crippen molar-refractivity contribution in [2.24, 2.45) is 0 Å². The molecule has 0 aromatic heterocycles. The van der Waals surface area contributed by atoms with Gasteiger partial charge in [-0.25, -0.2) is 9.18 Å². The molecule has 0 bridgehead atoms. The number of halogens is 2. The summed E-state index contributed by atoms with van der Waals surface area (Å²) in [7, 11) is 0. The lowest BCUT2D eigenvalue weighted by Crippen LogP contribution is -2.20. The second-order valence-electron chi connectivity index (χ2n) is 5.96. The average molecular weight is 374 g/mol. The Bertz CT molecular complexity index is 859. The van der Waals surface area contributed by atoms with Crippen LogP contribution < -0.4 is 5.32 Å².